The van der Waals surface area contributed by atoms with E-state index in [-0.39, 0.29) is 29.0 Å². The van der Waals surface area contributed by atoms with Crippen LogP contribution in [0.3, 0.4) is 0 Å². The van der Waals surface area contributed by atoms with E-state index in [9.17, 15) is 9.18 Å². The van der Waals surface area contributed by atoms with Crippen molar-refractivity contribution in [3.05, 3.63) is 36.3 Å². The van der Waals surface area contributed by atoms with Crippen molar-refractivity contribution >= 4 is 23.1 Å². The average molecular weight is 372 g/mol. The quantitative estimate of drug-likeness (QED) is 0.681. The topological polar surface area (TPSA) is 124 Å². The highest BCUT2D eigenvalue weighted by Gasteiger charge is 2.25. The minimum absolute atomic E-state index is 0.0211. The molecule has 4 heterocycles. The zero-order chi connectivity index (χ0) is 19.0. The molecule has 0 aliphatic carbocycles. The number of likely N-dealkylation sites (N-methyl/N-ethyl adjacent to an activating group) is 1. The minimum atomic E-state index is -0.592. The summed E-state index contributed by atoms with van der Waals surface area (Å²) in [5.74, 6) is -0.953. The number of fused-ring (bicyclic) bond motifs is 1. The Balaban J connectivity index is 1.60. The Kier molecular flexibility index (Phi) is 4.28. The summed E-state index contributed by atoms with van der Waals surface area (Å²) in [6, 6.07) is 0. The van der Waals surface area contributed by atoms with Crippen molar-refractivity contribution in [1.29, 1.82) is 0 Å². The van der Waals surface area contributed by atoms with Gasteiger partial charge < -0.3 is 20.7 Å². The first kappa shape index (κ1) is 17.1. The fraction of sp³-hybridized carbons (Fsp3) is 0.312. The number of nitrogens with zero attached hydrogens (tertiary/aromatic N) is 6. The molecule has 3 N–H and O–H groups in total. The summed E-state index contributed by atoms with van der Waals surface area (Å²) in [6.45, 7) is 1.70. The van der Waals surface area contributed by atoms with Gasteiger partial charge in [0.1, 0.15) is 23.7 Å². The number of likely N-dealkylation sites (tertiary alicyclic amines) is 1. The summed E-state index contributed by atoms with van der Waals surface area (Å²) in [4.78, 5) is 26.8. The molecule has 11 heteroatoms. The number of carbonyl (C=O) groups excluding carboxylic acids is 1. The highest BCUT2D eigenvalue weighted by atomic mass is 19.1. The van der Waals surface area contributed by atoms with E-state index in [0.29, 0.717) is 5.69 Å². The first-order valence-electron chi connectivity index (χ1n) is 8.27. The Bertz CT molecular complexity index is 1010. The Hall–Kier alpha value is -3.34. The molecule has 0 bridgehead atoms. The molecule has 0 spiro atoms. The van der Waals surface area contributed by atoms with E-state index in [4.69, 9.17) is 10.5 Å². The van der Waals surface area contributed by atoms with Crippen LogP contribution in [0.4, 0.5) is 15.9 Å². The zero-order valence-corrected chi connectivity index (χ0v) is 14.5. The molecule has 1 aliphatic rings. The number of halogens is 1. The van der Waals surface area contributed by atoms with E-state index in [0.717, 1.165) is 36.4 Å². The van der Waals surface area contributed by atoms with Crippen LogP contribution < -0.4 is 15.8 Å². The van der Waals surface area contributed by atoms with Gasteiger partial charge in [0.25, 0.3) is 5.91 Å². The molecule has 10 nitrogen and oxygen atoms in total. The minimum Gasteiger partial charge on any atom is -0.471 e. The van der Waals surface area contributed by atoms with Crippen LogP contribution in [0.1, 0.15) is 16.8 Å². The molecule has 1 aliphatic heterocycles. The van der Waals surface area contributed by atoms with Gasteiger partial charge in [-0.3, -0.25) is 4.79 Å². The first-order chi connectivity index (χ1) is 13.0. The van der Waals surface area contributed by atoms with Crippen molar-refractivity contribution < 1.29 is 13.9 Å². The molecule has 1 atom stereocenters. The van der Waals surface area contributed by atoms with E-state index >= 15 is 0 Å². The number of anilines is 2. The van der Waals surface area contributed by atoms with Crippen LogP contribution in [-0.4, -0.2) is 61.6 Å². The first-order valence-corrected chi connectivity index (χ1v) is 8.27. The van der Waals surface area contributed by atoms with Gasteiger partial charge in [0, 0.05) is 13.1 Å². The number of rotatable bonds is 4. The SMILES string of the molecule is CN1CC[C@@H](Oc2ncncc2NC(=O)c2c(N)nn3cc(F)cnc23)C1. The standard InChI is InChI=1S/C16H17FN8O2/c1-24-3-2-10(7-24)27-16-11(5-19-8-21-16)22-15(26)12-13(18)23-25-6-9(17)4-20-14(12)25/h4-6,8,10H,2-3,7H2,1H3,(H2,18,23)(H,22,26)/t10-/m1/s1. The normalized spacial score (nSPS) is 17.3. The molecule has 3 aromatic rings. The van der Waals surface area contributed by atoms with Gasteiger partial charge in [-0.1, -0.05) is 0 Å². The van der Waals surface area contributed by atoms with Crippen molar-refractivity contribution in [3.63, 3.8) is 0 Å². The number of hydrogen-bond donors (Lipinski definition) is 2. The van der Waals surface area contributed by atoms with Crippen LogP contribution in [-0.2, 0) is 0 Å². The highest BCUT2D eigenvalue weighted by Crippen LogP contribution is 2.25. The third-order valence-electron chi connectivity index (χ3n) is 4.25. The summed E-state index contributed by atoms with van der Waals surface area (Å²) in [5, 5.41) is 6.59. The van der Waals surface area contributed by atoms with Gasteiger partial charge in [-0.2, -0.15) is 4.98 Å². The Morgan fingerprint density at radius 1 is 1.41 bits per heavy atom. The van der Waals surface area contributed by atoms with Gasteiger partial charge in [0.05, 0.1) is 18.6 Å². The van der Waals surface area contributed by atoms with E-state index in [1.54, 1.807) is 0 Å². The van der Waals surface area contributed by atoms with Crippen molar-refractivity contribution in [2.24, 2.45) is 0 Å². The van der Waals surface area contributed by atoms with Crippen LogP contribution in [0.15, 0.2) is 24.9 Å². The van der Waals surface area contributed by atoms with Gasteiger partial charge in [0.15, 0.2) is 17.3 Å². The lowest BCUT2D eigenvalue weighted by molar-refractivity contribution is 0.102. The van der Waals surface area contributed by atoms with Gasteiger partial charge in [-0.25, -0.2) is 18.9 Å². The van der Waals surface area contributed by atoms with Gasteiger partial charge in [0.2, 0.25) is 5.88 Å². The number of aromatic nitrogens is 5. The third-order valence-corrected chi connectivity index (χ3v) is 4.25. The summed E-state index contributed by atoms with van der Waals surface area (Å²) < 4.78 is 20.3. The van der Waals surface area contributed by atoms with Crippen LogP contribution in [0.25, 0.3) is 5.65 Å². The zero-order valence-electron chi connectivity index (χ0n) is 14.5. The van der Waals surface area contributed by atoms with Crippen molar-refractivity contribution in [2.45, 2.75) is 12.5 Å². The fourth-order valence-electron chi connectivity index (χ4n) is 2.98. The maximum Gasteiger partial charge on any atom is 0.263 e. The summed E-state index contributed by atoms with van der Waals surface area (Å²) >= 11 is 0. The van der Waals surface area contributed by atoms with Crippen LogP contribution >= 0.6 is 0 Å². The number of carbonyl (C=O) groups is 1. The molecule has 0 aromatic carbocycles. The molecule has 0 saturated carbocycles. The second-order valence-electron chi connectivity index (χ2n) is 6.29. The molecule has 3 aromatic heterocycles. The lowest BCUT2D eigenvalue weighted by atomic mass is 10.2. The molecule has 0 radical (unpaired) electrons. The van der Waals surface area contributed by atoms with Gasteiger partial charge in [-0.05, 0) is 13.5 Å². The number of nitrogen functional groups attached to an aromatic ring is 1. The second-order valence-corrected chi connectivity index (χ2v) is 6.29. The molecule has 1 amide bonds. The molecule has 1 saturated heterocycles. The van der Waals surface area contributed by atoms with E-state index in [1.165, 1.54) is 12.5 Å². The fourth-order valence-corrected chi connectivity index (χ4v) is 2.98. The second kappa shape index (κ2) is 6.76. The molecule has 140 valence electrons. The number of ether oxygens (including phenoxy) is 1. The summed E-state index contributed by atoms with van der Waals surface area (Å²) in [7, 11) is 2.01. The van der Waals surface area contributed by atoms with Crippen molar-refractivity contribution in [1.82, 2.24) is 29.5 Å². The average Bonchev–Trinajstić information content (AvgIpc) is 3.18. The van der Waals surface area contributed by atoms with Gasteiger partial charge >= 0.3 is 0 Å². The number of nitrogens with one attached hydrogen (secondary N) is 1. The molecule has 1 fully saturated rings. The Morgan fingerprint density at radius 3 is 3.04 bits per heavy atom. The maximum atomic E-state index is 13.3. The number of amides is 1. The van der Waals surface area contributed by atoms with E-state index in [1.807, 2.05) is 7.05 Å². The molecular formula is C16H17FN8O2. The summed E-state index contributed by atoms with van der Waals surface area (Å²) in [6.07, 6.45) is 5.71. The Morgan fingerprint density at radius 2 is 2.26 bits per heavy atom. The predicted octanol–water partition coefficient (Wildman–Crippen LogP) is 0.576. The molecule has 0 unspecified atom stereocenters. The summed E-state index contributed by atoms with van der Waals surface area (Å²) in [5.41, 5.74) is 6.30. The van der Waals surface area contributed by atoms with Crippen LogP contribution in [0.5, 0.6) is 5.88 Å². The predicted molar refractivity (Wildman–Crippen MR) is 93.9 cm³/mol. The van der Waals surface area contributed by atoms with Crippen molar-refractivity contribution in [2.75, 3.05) is 31.2 Å². The Labute approximate surface area is 153 Å². The molecule has 4 rings (SSSR count). The lowest BCUT2D eigenvalue weighted by Gasteiger charge is -2.15. The number of nitrogens with two attached hydrogens (primary N) is 1. The van der Waals surface area contributed by atoms with E-state index < -0.39 is 11.7 Å². The smallest absolute Gasteiger partial charge is 0.263 e. The lowest BCUT2D eigenvalue weighted by Crippen LogP contribution is -2.23. The molecular weight excluding hydrogens is 355 g/mol. The largest absolute Gasteiger partial charge is 0.471 e. The maximum absolute atomic E-state index is 13.3. The number of hydrogen-bond acceptors (Lipinski definition) is 8. The van der Waals surface area contributed by atoms with Crippen molar-refractivity contribution in [3.8, 4) is 5.88 Å². The van der Waals surface area contributed by atoms with E-state index in [2.05, 4.69) is 30.3 Å². The van der Waals surface area contributed by atoms with Gasteiger partial charge in [-0.15, -0.1) is 5.10 Å². The monoisotopic (exact) mass is 372 g/mol. The molecule has 27 heavy (non-hydrogen) atoms. The highest BCUT2D eigenvalue weighted by molar-refractivity contribution is 6.11. The van der Waals surface area contributed by atoms with Crippen LogP contribution in [0.2, 0.25) is 0 Å². The van der Waals surface area contributed by atoms with Crippen LogP contribution in [0, 0.1) is 5.82 Å². The third kappa shape index (κ3) is 3.36.